The van der Waals surface area contributed by atoms with Crippen molar-refractivity contribution in [3.05, 3.63) is 39.7 Å². The lowest BCUT2D eigenvalue weighted by Gasteiger charge is -2.10. The summed E-state index contributed by atoms with van der Waals surface area (Å²) in [5, 5.41) is 27.8. The van der Waals surface area contributed by atoms with Gasteiger partial charge >= 0.3 is 5.69 Å². The second kappa shape index (κ2) is 5.58. The summed E-state index contributed by atoms with van der Waals surface area (Å²) >= 11 is 0. The van der Waals surface area contributed by atoms with Crippen LogP contribution in [0.2, 0.25) is 0 Å². The molecule has 0 unspecified atom stereocenters. The number of hydrogen-bond donors (Lipinski definition) is 0. The quantitative estimate of drug-likeness (QED) is 0.630. The lowest BCUT2D eigenvalue weighted by molar-refractivity contribution is -0.385. The second-order valence-corrected chi connectivity index (χ2v) is 4.61. The van der Waals surface area contributed by atoms with Crippen LogP contribution in [0.5, 0.6) is 5.75 Å². The first-order valence-corrected chi connectivity index (χ1v) is 6.18. The van der Waals surface area contributed by atoms with Gasteiger partial charge in [-0.1, -0.05) is 19.1 Å². The first-order chi connectivity index (χ1) is 9.99. The van der Waals surface area contributed by atoms with E-state index < -0.39 is 4.92 Å². The highest BCUT2D eigenvalue weighted by Gasteiger charge is 2.21. The molecule has 0 saturated heterocycles. The Labute approximate surface area is 120 Å². The van der Waals surface area contributed by atoms with Crippen LogP contribution in [0.25, 0.3) is 5.69 Å². The van der Waals surface area contributed by atoms with Gasteiger partial charge in [-0.2, -0.15) is 5.26 Å². The van der Waals surface area contributed by atoms with Crippen LogP contribution in [0.1, 0.15) is 31.2 Å². The van der Waals surface area contributed by atoms with Gasteiger partial charge in [0.1, 0.15) is 6.07 Å². The minimum Gasteiger partial charge on any atom is -0.490 e. The van der Waals surface area contributed by atoms with Crippen molar-refractivity contribution in [2.75, 3.05) is 7.11 Å². The molecule has 108 valence electrons. The van der Waals surface area contributed by atoms with Crippen LogP contribution < -0.4 is 4.74 Å². The van der Waals surface area contributed by atoms with Crippen molar-refractivity contribution >= 4 is 5.69 Å². The van der Waals surface area contributed by atoms with Crippen LogP contribution in [-0.2, 0) is 0 Å². The summed E-state index contributed by atoms with van der Waals surface area (Å²) in [6.07, 6.45) is 0. The Morgan fingerprint density at radius 3 is 2.71 bits per heavy atom. The molecule has 0 atom stereocenters. The predicted molar refractivity (Wildman–Crippen MR) is 73.4 cm³/mol. The van der Waals surface area contributed by atoms with Crippen molar-refractivity contribution in [1.29, 1.82) is 5.26 Å². The molecule has 1 heterocycles. The highest BCUT2D eigenvalue weighted by Crippen LogP contribution is 2.30. The van der Waals surface area contributed by atoms with Gasteiger partial charge in [0.2, 0.25) is 0 Å². The van der Waals surface area contributed by atoms with Gasteiger partial charge in [-0.15, -0.1) is 5.10 Å². The number of rotatable bonds is 4. The SMILES string of the molecule is COc1ccc(-n2nnc(C#N)c2C(C)C)cc1[N+](=O)[O-]. The Morgan fingerprint density at radius 1 is 1.48 bits per heavy atom. The van der Waals surface area contributed by atoms with E-state index in [1.165, 1.54) is 23.9 Å². The van der Waals surface area contributed by atoms with E-state index in [2.05, 4.69) is 10.3 Å². The van der Waals surface area contributed by atoms with Crippen LogP contribution in [0, 0.1) is 21.4 Å². The summed E-state index contributed by atoms with van der Waals surface area (Å²) in [5.41, 5.74) is 1.11. The molecule has 0 aliphatic heterocycles. The Bertz CT molecular complexity index is 730. The topological polar surface area (TPSA) is 107 Å². The molecule has 0 saturated carbocycles. The van der Waals surface area contributed by atoms with Crippen molar-refractivity contribution in [1.82, 2.24) is 15.0 Å². The maximum atomic E-state index is 11.1. The molecule has 0 radical (unpaired) electrons. The number of nitro benzene ring substituents is 1. The van der Waals surface area contributed by atoms with E-state index in [1.807, 2.05) is 19.9 Å². The average molecular weight is 287 g/mol. The zero-order chi connectivity index (χ0) is 15.6. The Balaban J connectivity index is 2.63. The molecule has 0 aliphatic carbocycles. The van der Waals surface area contributed by atoms with Crippen molar-refractivity contribution in [2.24, 2.45) is 0 Å². The molecule has 0 fully saturated rings. The highest BCUT2D eigenvalue weighted by molar-refractivity contribution is 5.54. The summed E-state index contributed by atoms with van der Waals surface area (Å²) in [4.78, 5) is 10.5. The van der Waals surface area contributed by atoms with E-state index in [1.54, 1.807) is 6.07 Å². The maximum absolute atomic E-state index is 11.1. The second-order valence-electron chi connectivity index (χ2n) is 4.61. The monoisotopic (exact) mass is 287 g/mol. The van der Waals surface area contributed by atoms with Gasteiger partial charge in [0.15, 0.2) is 11.4 Å². The lowest BCUT2D eigenvalue weighted by Crippen LogP contribution is -2.06. The molecule has 1 aromatic heterocycles. The zero-order valence-corrected chi connectivity index (χ0v) is 11.8. The summed E-state index contributed by atoms with van der Waals surface area (Å²) in [6, 6.07) is 6.45. The number of nitrogens with zero attached hydrogens (tertiary/aromatic N) is 5. The van der Waals surface area contributed by atoms with Crippen LogP contribution in [0.3, 0.4) is 0 Å². The Hall–Kier alpha value is -2.95. The molecule has 2 rings (SSSR count). The lowest BCUT2D eigenvalue weighted by atomic mass is 10.1. The van der Waals surface area contributed by atoms with E-state index in [0.717, 1.165) is 0 Å². The van der Waals surface area contributed by atoms with Gasteiger partial charge in [0, 0.05) is 6.07 Å². The van der Waals surface area contributed by atoms with E-state index in [9.17, 15) is 10.1 Å². The fourth-order valence-corrected chi connectivity index (χ4v) is 2.03. The first kappa shape index (κ1) is 14.5. The highest BCUT2D eigenvalue weighted by atomic mass is 16.6. The molecule has 0 bridgehead atoms. The third-order valence-corrected chi connectivity index (χ3v) is 2.96. The number of aromatic nitrogens is 3. The minimum atomic E-state index is -0.528. The van der Waals surface area contributed by atoms with Gasteiger partial charge in [-0.3, -0.25) is 10.1 Å². The molecular formula is C13H13N5O3. The van der Waals surface area contributed by atoms with Crippen molar-refractivity contribution < 1.29 is 9.66 Å². The number of nitriles is 1. The number of ether oxygens (including phenoxy) is 1. The summed E-state index contributed by atoms with van der Waals surface area (Å²) in [6.45, 7) is 3.79. The molecule has 8 heteroatoms. The first-order valence-electron chi connectivity index (χ1n) is 6.18. The number of methoxy groups -OCH3 is 1. The molecule has 0 amide bonds. The van der Waals surface area contributed by atoms with E-state index in [-0.39, 0.29) is 23.0 Å². The van der Waals surface area contributed by atoms with Crippen molar-refractivity contribution in [3.63, 3.8) is 0 Å². The molecule has 0 aliphatic rings. The molecule has 2 aromatic rings. The van der Waals surface area contributed by atoms with E-state index in [0.29, 0.717) is 11.4 Å². The summed E-state index contributed by atoms with van der Waals surface area (Å²) < 4.78 is 6.40. The third-order valence-electron chi connectivity index (χ3n) is 2.96. The van der Waals surface area contributed by atoms with E-state index in [4.69, 9.17) is 10.00 Å². The Morgan fingerprint density at radius 2 is 2.19 bits per heavy atom. The molecule has 1 aromatic carbocycles. The van der Waals surface area contributed by atoms with Crippen molar-refractivity contribution in [2.45, 2.75) is 19.8 Å². The maximum Gasteiger partial charge on any atom is 0.313 e. The van der Waals surface area contributed by atoms with Crippen LogP contribution in [0.4, 0.5) is 5.69 Å². The van der Waals surface area contributed by atoms with E-state index >= 15 is 0 Å². The Kier molecular flexibility index (Phi) is 3.84. The van der Waals surface area contributed by atoms with Crippen molar-refractivity contribution in [3.8, 4) is 17.5 Å². The van der Waals surface area contributed by atoms with Gasteiger partial charge in [-0.25, -0.2) is 4.68 Å². The third kappa shape index (κ3) is 2.53. The fraction of sp³-hybridized carbons (Fsp3) is 0.308. The average Bonchev–Trinajstić information content (AvgIpc) is 2.90. The molecule has 0 N–H and O–H groups in total. The van der Waals surface area contributed by atoms with Gasteiger partial charge in [0.25, 0.3) is 0 Å². The number of nitro groups is 1. The predicted octanol–water partition coefficient (Wildman–Crippen LogP) is 2.18. The zero-order valence-electron chi connectivity index (χ0n) is 11.8. The van der Waals surface area contributed by atoms with Crippen LogP contribution in [0.15, 0.2) is 18.2 Å². The summed E-state index contributed by atoms with van der Waals surface area (Å²) in [5.74, 6) is 0.159. The number of benzene rings is 1. The van der Waals surface area contributed by atoms with Crippen LogP contribution in [-0.4, -0.2) is 27.0 Å². The molecule has 8 nitrogen and oxygen atoms in total. The number of hydrogen-bond acceptors (Lipinski definition) is 6. The van der Waals surface area contributed by atoms with Gasteiger partial charge in [0.05, 0.1) is 23.4 Å². The van der Waals surface area contributed by atoms with Gasteiger partial charge < -0.3 is 4.74 Å². The standard InChI is InChI=1S/C13H13N5O3/c1-8(2)13-10(7-14)15-16-17(13)9-4-5-12(21-3)11(6-9)18(19)20/h4-6,8H,1-3H3. The molecule has 0 spiro atoms. The molecular weight excluding hydrogens is 274 g/mol. The minimum absolute atomic E-state index is 0.00388. The van der Waals surface area contributed by atoms with Crippen LogP contribution >= 0.6 is 0 Å². The smallest absolute Gasteiger partial charge is 0.313 e. The largest absolute Gasteiger partial charge is 0.490 e. The van der Waals surface area contributed by atoms with Gasteiger partial charge in [-0.05, 0) is 18.1 Å². The molecule has 21 heavy (non-hydrogen) atoms. The summed E-state index contributed by atoms with van der Waals surface area (Å²) in [7, 11) is 1.37. The fourth-order valence-electron chi connectivity index (χ4n) is 2.03. The normalized spacial score (nSPS) is 10.4.